The number of nitrogens with zero attached hydrogens (tertiary/aromatic N) is 3. The molecule has 0 radical (unpaired) electrons. The summed E-state index contributed by atoms with van der Waals surface area (Å²) in [7, 11) is 0. The van der Waals surface area contributed by atoms with E-state index < -0.39 is 6.04 Å². The first kappa shape index (κ1) is 20.3. The first-order chi connectivity index (χ1) is 14.5. The van der Waals surface area contributed by atoms with Gasteiger partial charge in [0.15, 0.2) is 0 Å². The molecule has 1 unspecified atom stereocenters. The average molecular weight is 442 g/mol. The molecule has 2 aromatic carbocycles. The van der Waals surface area contributed by atoms with Crippen LogP contribution in [0, 0.1) is 6.92 Å². The number of aromatic nitrogens is 2. The first-order valence-corrected chi connectivity index (χ1v) is 10.7. The largest absolute Gasteiger partial charge is 0.322 e. The third-order valence-electron chi connectivity index (χ3n) is 4.87. The molecule has 2 N–H and O–H groups in total. The molecule has 0 spiro atoms. The van der Waals surface area contributed by atoms with Gasteiger partial charge in [-0.1, -0.05) is 52.8 Å². The van der Waals surface area contributed by atoms with Crippen molar-refractivity contribution in [2.45, 2.75) is 25.8 Å². The van der Waals surface area contributed by atoms with Crippen LogP contribution in [0.1, 0.15) is 18.4 Å². The van der Waals surface area contributed by atoms with Gasteiger partial charge in [-0.2, -0.15) is 0 Å². The van der Waals surface area contributed by atoms with Crippen molar-refractivity contribution >= 4 is 45.7 Å². The van der Waals surface area contributed by atoms with Gasteiger partial charge in [0.25, 0.3) is 0 Å². The van der Waals surface area contributed by atoms with Crippen LogP contribution in [0.3, 0.4) is 0 Å². The second kappa shape index (κ2) is 8.81. The van der Waals surface area contributed by atoms with Crippen molar-refractivity contribution in [3.63, 3.8) is 0 Å². The van der Waals surface area contributed by atoms with E-state index in [2.05, 4.69) is 20.8 Å². The fraction of sp³-hybridized carbons (Fsp3) is 0.238. The summed E-state index contributed by atoms with van der Waals surface area (Å²) in [5, 5.41) is 15.6. The van der Waals surface area contributed by atoms with Crippen LogP contribution in [0.25, 0.3) is 10.6 Å². The molecule has 0 aliphatic carbocycles. The molecule has 4 rings (SSSR count). The lowest BCUT2D eigenvalue weighted by Gasteiger charge is -2.23. The molecule has 7 nitrogen and oxygen atoms in total. The van der Waals surface area contributed by atoms with Gasteiger partial charge >= 0.3 is 6.03 Å². The molecule has 2 heterocycles. The predicted octanol–water partition coefficient (Wildman–Crippen LogP) is 4.80. The van der Waals surface area contributed by atoms with Crippen LogP contribution in [0.5, 0.6) is 0 Å². The van der Waals surface area contributed by atoms with E-state index in [0.717, 1.165) is 17.5 Å². The smallest absolute Gasteiger partial charge is 0.312 e. The van der Waals surface area contributed by atoms with E-state index in [1.165, 1.54) is 11.3 Å². The molecular formula is C21H20ClN5O2S. The third-order valence-corrected chi connectivity index (χ3v) is 6.01. The topological polar surface area (TPSA) is 87.2 Å². The van der Waals surface area contributed by atoms with Gasteiger partial charge in [-0.05, 0) is 44.0 Å². The van der Waals surface area contributed by atoms with Crippen molar-refractivity contribution in [2.75, 3.05) is 17.2 Å². The molecule has 1 saturated heterocycles. The Balaban J connectivity index is 1.40. The molecule has 30 heavy (non-hydrogen) atoms. The molecule has 1 atom stereocenters. The van der Waals surface area contributed by atoms with E-state index in [1.807, 2.05) is 43.3 Å². The minimum absolute atomic E-state index is 0.259. The number of anilines is 2. The Hall–Kier alpha value is -2.97. The lowest BCUT2D eigenvalue weighted by atomic mass is 10.2. The van der Waals surface area contributed by atoms with Crippen LogP contribution < -0.4 is 10.6 Å². The number of aryl methyl sites for hydroxylation is 1. The molecule has 3 amide bonds. The number of likely N-dealkylation sites (tertiary alicyclic amines) is 1. The SMILES string of the molecule is Cc1ccc(NC(=O)N2CCCC2C(=O)Nc2nnc(-c3ccc(Cl)cc3)s2)cc1. The highest BCUT2D eigenvalue weighted by molar-refractivity contribution is 7.18. The van der Waals surface area contributed by atoms with Gasteiger partial charge in [0.1, 0.15) is 11.0 Å². The molecule has 3 aromatic rings. The lowest BCUT2D eigenvalue weighted by Crippen LogP contribution is -2.45. The monoisotopic (exact) mass is 441 g/mol. The van der Waals surface area contributed by atoms with Crippen molar-refractivity contribution in [3.8, 4) is 10.6 Å². The van der Waals surface area contributed by atoms with Crippen LogP contribution in [0.15, 0.2) is 48.5 Å². The van der Waals surface area contributed by atoms with Crippen molar-refractivity contribution in [1.82, 2.24) is 15.1 Å². The zero-order valence-electron chi connectivity index (χ0n) is 16.3. The number of rotatable bonds is 4. The van der Waals surface area contributed by atoms with Gasteiger partial charge in [0.05, 0.1) is 0 Å². The highest BCUT2D eigenvalue weighted by Crippen LogP contribution is 2.28. The van der Waals surface area contributed by atoms with Crippen molar-refractivity contribution in [1.29, 1.82) is 0 Å². The number of carbonyl (C=O) groups excluding carboxylic acids is 2. The van der Waals surface area contributed by atoms with Gasteiger partial charge in [0.2, 0.25) is 11.0 Å². The van der Waals surface area contributed by atoms with Crippen LogP contribution in [0.2, 0.25) is 5.02 Å². The van der Waals surface area contributed by atoms with Crippen LogP contribution in [-0.4, -0.2) is 39.6 Å². The highest BCUT2D eigenvalue weighted by Gasteiger charge is 2.34. The predicted molar refractivity (Wildman–Crippen MR) is 119 cm³/mol. The van der Waals surface area contributed by atoms with E-state index in [1.54, 1.807) is 17.0 Å². The molecule has 9 heteroatoms. The summed E-state index contributed by atoms with van der Waals surface area (Å²) in [4.78, 5) is 27.1. The van der Waals surface area contributed by atoms with E-state index in [0.29, 0.717) is 33.8 Å². The quantitative estimate of drug-likeness (QED) is 0.608. The van der Waals surface area contributed by atoms with E-state index in [-0.39, 0.29) is 11.9 Å². The second-order valence-corrected chi connectivity index (χ2v) is 8.47. The molecule has 1 aliphatic rings. The van der Waals surface area contributed by atoms with Crippen molar-refractivity contribution in [3.05, 3.63) is 59.1 Å². The van der Waals surface area contributed by atoms with E-state index >= 15 is 0 Å². The fourth-order valence-corrected chi connectivity index (χ4v) is 4.16. The van der Waals surface area contributed by atoms with Gasteiger partial charge < -0.3 is 10.2 Å². The maximum atomic E-state index is 12.8. The van der Waals surface area contributed by atoms with Gasteiger partial charge in [-0.3, -0.25) is 10.1 Å². The van der Waals surface area contributed by atoms with Crippen LogP contribution in [0.4, 0.5) is 15.6 Å². The maximum absolute atomic E-state index is 12.8. The zero-order chi connectivity index (χ0) is 21.1. The molecule has 0 saturated carbocycles. The molecule has 1 fully saturated rings. The molecule has 154 valence electrons. The maximum Gasteiger partial charge on any atom is 0.322 e. The Morgan fingerprint density at radius 2 is 1.80 bits per heavy atom. The summed E-state index contributed by atoms with van der Waals surface area (Å²) in [6, 6.07) is 14.0. The van der Waals surface area contributed by atoms with Gasteiger partial charge in [0, 0.05) is 22.8 Å². The average Bonchev–Trinajstić information content (AvgIpc) is 3.40. The minimum Gasteiger partial charge on any atom is -0.312 e. The Morgan fingerprint density at radius 3 is 2.53 bits per heavy atom. The number of halogens is 1. The summed E-state index contributed by atoms with van der Waals surface area (Å²) in [5.41, 5.74) is 2.69. The molecule has 1 aromatic heterocycles. The van der Waals surface area contributed by atoms with E-state index in [9.17, 15) is 9.59 Å². The van der Waals surface area contributed by atoms with Crippen LogP contribution >= 0.6 is 22.9 Å². The number of urea groups is 1. The fourth-order valence-electron chi connectivity index (χ4n) is 3.29. The molecular weight excluding hydrogens is 422 g/mol. The minimum atomic E-state index is -0.543. The first-order valence-electron chi connectivity index (χ1n) is 9.54. The number of hydrogen-bond donors (Lipinski definition) is 2. The second-order valence-electron chi connectivity index (χ2n) is 7.06. The van der Waals surface area contributed by atoms with Crippen LogP contribution in [-0.2, 0) is 4.79 Å². The Morgan fingerprint density at radius 1 is 1.07 bits per heavy atom. The molecule has 0 bridgehead atoms. The normalized spacial score (nSPS) is 15.8. The van der Waals surface area contributed by atoms with Gasteiger partial charge in [-0.25, -0.2) is 4.79 Å². The molecule has 1 aliphatic heterocycles. The number of nitrogens with one attached hydrogen (secondary N) is 2. The third kappa shape index (κ3) is 4.60. The Labute approximate surface area is 183 Å². The number of hydrogen-bond acceptors (Lipinski definition) is 5. The number of carbonyl (C=O) groups is 2. The highest BCUT2D eigenvalue weighted by atomic mass is 35.5. The van der Waals surface area contributed by atoms with Crippen molar-refractivity contribution in [2.24, 2.45) is 0 Å². The van der Waals surface area contributed by atoms with E-state index in [4.69, 9.17) is 11.6 Å². The van der Waals surface area contributed by atoms with Gasteiger partial charge in [-0.15, -0.1) is 10.2 Å². The Kier molecular flexibility index (Phi) is 5.96. The number of amides is 3. The summed E-state index contributed by atoms with van der Waals surface area (Å²) in [6.07, 6.45) is 1.38. The summed E-state index contributed by atoms with van der Waals surface area (Å²) >= 11 is 7.19. The standard InChI is InChI=1S/C21H20ClN5O2S/c1-13-4-10-16(11-5-13)23-21(29)27-12-2-3-17(27)18(28)24-20-26-25-19(30-20)14-6-8-15(22)9-7-14/h4-11,17H,2-3,12H2,1H3,(H,23,29)(H,24,26,28). The summed E-state index contributed by atoms with van der Waals surface area (Å²) in [6.45, 7) is 2.51. The Bertz CT molecular complexity index is 1050. The van der Waals surface area contributed by atoms with Crippen molar-refractivity contribution < 1.29 is 9.59 Å². The summed E-state index contributed by atoms with van der Waals surface area (Å²) in [5.74, 6) is -0.259. The zero-order valence-corrected chi connectivity index (χ0v) is 17.8. The summed E-state index contributed by atoms with van der Waals surface area (Å²) < 4.78 is 0. The lowest BCUT2D eigenvalue weighted by molar-refractivity contribution is -0.119. The number of benzene rings is 2.